The molecule has 1 unspecified atom stereocenters. The molecule has 0 radical (unpaired) electrons. The molecule has 0 aliphatic rings. The van der Waals surface area contributed by atoms with Crippen molar-refractivity contribution >= 4 is 0 Å². The second kappa shape index (κ2) is 6.90. The highest BCUT2D eigenvalue weighted by molar-refractivity contribution is 5.27. The fourth-order valence-electron chi connectivity index (χ4n) is 1.57. The van der Waals surface area contributed by atoms with Gasteiger partial charge in [-0.3, -0.25) is 0 Å². The van der Waals surface area contributed by atoms with E-state index in [2.05, 4.69) is 32.0 Å². The van der Waals surface area contributed by atoms with Crippen LogP contribution in [0.25, 0.3) is 0 Å². The number of hydrogen-bond acceptors (Lipinski definition) is 2. The molecule has 0 heterocycles. The highest BCUT2D eigenvalue weighted by atomic mass is 16.5. The zero-order valence-corrected chi connectivity index (χ0v) is 10.1. The third kappa shape index (κ3) is 4.35. The molecule has 2 heteroatoms. The fourth-order valence-corrected chi connectivity index (χ4v) is 1.57. The minimum Gasteiger partial charge on any atom is -0.494 e. The largest absolute Gasteiger partial charge is 0.494 e. The highest BCUT2D eigenvalue weighted by Gasteiger charge is 2.03. The molecule has 86 valence electrons. The summed E-state index contributed by atoms with van der Waals surface area (Å²) >= 11 is 0. The van der Waals surface area contributed by atoms with Gasteiger partial charge in [0.15, 0.2) is 0 Å². The van der Waals surface area contributed by atoms with E-state index in [4.69, 9.17) is 10.00 Å². The lowest BCUT2D eigenvalue weighted by Gasteiger charge is -2.08. The summed E-state index contributed by atoms with van der Waals surface area (Å²) < 4.78 is 5.51. The molecule has 0 aliphatic heterocycles. The molecule has 1 atom stereocenters. The fraction of sp³-hybridized carbons (Fsp3) is 0.500. The first-order chi connectivity index (χ1) is 7.76. The summed E-state index contributed by atoms with van der Waals surface area (Å²) in [5.41, 5.74) is 1.27. The van der Waals surface area contributed by atoms with E-state index in [0.29, 0.717) is 12.3 Å². The number of nitrogens with zero attached hydrogens (tertiary/aromatic N) is 1. The Morgan fingerprint density at radius 3 is 2.56 bits per heavy atom. The summed E-state index contributed by atoms with van der Waals surface area (Å²) in [5.74, 6) is 1.35. The van der Waals surface area contributed by atoms with Crippen LogP contribution in [-0.2, 0) is 6.42 Å². The van der Waals surface area contributed by atoms with Crippen LogP contribution in [0.5, 0.6) is 5.75 Å². The normalized spacial score (nSPS) is 11.8. The van der Waals surface area contributed by atoms with Crippen molar-refractivity contribution in [1.82, 2.24) is 0 Å². The third-order valence-electron chi connectivity index (χ3n) is 2.42. The van der Waals surface area contributed by atoms with Gasteiger partial charge < -0.3 is 4.74 Å². The van der Waals surface area contributed by atoms with E-state index in [-0.39, 0.29) is 0 Å². The second-order valence-electron chi connectivity index (χ2n) is 4.16. The van der Waals surface area contributed by atoms with E-state index in [0.717, 1.165) is 25.2 Å². The topological polar surface area (TPSA) is 33.0 Å². The summed E-state index contributed by atoms with van der Waals surface area (Å²) in [7, 11) is 0. The predicted molar refractivity (Wildman–Crippen MR) is 65.3 cm³/mol. The molecular formula is C14H19NO. The Balaban J connectivity index is 2.48. The van der Waals surface area contributed by atoms with Crippen LogP contribution < -0.4 is 4.74 Å². The zero-order chi connectivity index (χ0) is 11.8. The molecule has 0 saturated carbocycles. The van der Waals surface area contributed by atoms with Crippen LogP contribution in [0, 0.1) is 17.2 Å². The Labute approximate surface area is 97.9 Å². The summed E-state index contributed by atoms with van der Waals surface area (Å²) in [6.45, 7) is 4.97. The molecular weight excluding hydrogens is 198 g/mol. The maximum Gasteiger partial charge on any atom is 0.119 e. The molecule has 0 fully saturated rings. The van der Waals surface area contributed by atoms with Crippen molar-refractivity contribution in [2.45, 2.75) is 33.1 Å². The van der Waals surface area contributed by atoms with E-state index >= 15 is 0 Å². The van der Waals surface area contributed by atoms with Gasteiger partial charge >= 0.3 is 0 Å². The van der Waals surface area contributed by atoms with E-state index in [1.54, 1.807) is 0 Å². The molecule has 0 saturated heterocycles. The lowest BCUT2D eigenvalue weighted by Crippen LogP contribution is -1.99. The van der Waals surface area contributed by atoms with Crippen molar-refractivity contribution in [3.05, 3.63) is 29.8 Å². The van der Waals surface area contributed by atoms with Crippen LogP contribution >= 0.6 is 0 Å². The Hall–Kier alpha value is -1.49. The minimum atomic E-state index is 0.424. The van der Waals surface area contributed by atoms with Crippen molar-refractivity contribution < 1.29 is 4.74 Å². The molecule has 2 nitrogen and oxygen atoms in total. The van der Waals surface area contributed by atoms with Gasteiger partial charge in [0.25, 0.3) is 0 Å². The summed E-state index contributed by atoms with van der Waals surface area (Å²) in [4.78, 5) is 0. The van der Waals surface area contributed by atoms with Gasteiger partial charge in [-0.05, 0) is 36.5 Å². The maximum absolute atomic E-state index is 8.59. The van der Waals surface area contributed by atoms with Crippen molar-refractivity contribution in [2.24, 2.45) is 5.92 Å². The average Bonchev–Trinajstić information content (AvgIpc) is 2.28. The van der Waals surface area contributed by atoms with Gasteiger partial charge in [-0.1, -0.05) is 26.0 Å². The minimum absolute atomic E-state index is 0.424. The molecule has 0 bridgehead atoms. The van der Waals surface area contributed by atoms with E-state index in [9.17, 15) is 0 Å². The Morgan fingerprint density at radius 1 is 1.31 bits per heavy atom. The molecule has 1 aromatic rings. The highest BCUT2D eigenvalue weighted by Crippen LogP contribution is 2.16. The summed E-state index contributed by atoms with van der Waals surface area (Å²) in [6.07, 6.45) is 2.61. The zero-order valence-electron chi connectivity index (χ0n) is 10.1. The first-order valence-corrected chi connectivity index (χ1v) is 5.85. The first kappa shape index (κ1) is 12.6. The quantitative estimate of drug-likeness (QED) is 0.729. The molecule has 16 heavy (non-hydrogen) atoms. The van der Waals surface area contributed by atoms with Crippen LogP contribution in [0.4, 0.5) is 0 Å². The Morgan fingerprint density at radius 2 is 2.00 bits per heavy atom. The molecule has 0 aliphatic carbocycles. The number of benzene rings is 1. The Bertz CT molecular complexity index is 337. The SMILES string of the molecule is CCCOc1ccc(CC(C)CC#N)cc1. The summed E-state index contributed by atoms with van der Waals surface area (Å²) in [5, 5.41) is 8.59. The van der Waals surface area contributed by atoms with Gasteiger partial charge in [0.2, 0.25) is 0 Å². The molecule has 1 rings (SSSR count). The van der Waals surface area contributed by atoms with Crippen LogP contribution in [-0.4, -0.2) is 6.61 Å². The van der Waals surface area contributed by atoms with E-state index in [1.165, 1.54) is 5.56 Å². The summed E-state index contributed by atoms with van der Waals surface area (Å²) in [6, 6.07) is 10.4. The monoisotopic (exact) mass is 217 g/mol. The first-order valence-electron chi connectivity index (χ1n) is 5.85. The van der Waals surface area contributed by atoms with Crippen LogP contribution in [0.15, 0.2) is 24.3 Å². The van der Waals surface area contributed by atoms with E-state index < -0.39 is 0 Å². The molecule has 0 N–H and O–H groups in total. The number of rotatable bonds is 6. The Kier molecular flexibility index (Phi) is 5.42. The van der Waals surface area contributed by atoms with Crippen LogP contribution in [0.3, 0.4) is 0 Å². The number of ether oxygens (including phenoxy) is 1. The van der Waals surface area contributed by atoms with Crippen LogP contribution in [0.1, 0.15) is 32.3 Å². The third-order valence-corrected chi connectivity index (χ3v) is 2.42. The lowest BCUT2D eigenvalue weighted by atomic mass is 9.99. The van der Waals surface area contributed by atoms with Crippen LogP contribution in [0.2, 0.25) is 0 Å². The number of hydrogen-bond donors (Lipinski definition) is 0. The molecule has 0 spiro atoms. The number of nitriles is 1. The average molecular weight is 217 g/mol. The van der Waals surface area contributed by atoms with Gasteiger partial charge in [0.05, 0.1) is 12.7 Å². The van der Waals surface area contributed by atoms with Gasteiger partial charge in [0.1, 0.15) is 5.75 Å². The van der Waals surface area contributed by atoms with Gasteiger partial charge in [0, 0.05) is 6.42 Å². The smallest absolute Gasteiger partial charge is 0.119 e. The van der Waals surface area contributed by atoms with Crippen molar-refractivity contribution in [2.75, 3.05) is 6.61 Å². The second-order valence-corrected chi connectivity index (χ2v) is 4.16. The maximum atomic E-state index is 8.59. The molecule has 0 amide bonds. The van der Waals surface area contributed by atoms with Gasteiger partial charge in [-0.2, -0.15) is 5.26 Å². The van der Waals surface area contributed by atoms with Crippen molar-refractivity contribution in [3.63, 3.8) is 0 Å². The lowest BCUT2D eigenvalue weighted by molar-refractivity contribution is 0.317. The van der Waals surface area contributed by atoms with E-state index in [1.807, 2.05) is 12.1 Å². The van der Waals surface area contributed by atoms with Crippen molar-refractivity contribution in [3.8, 4) is 11.8 Å². The molecule has 1 aromatic carbocycles. The van der Waals surface area contributed by atoms with Gasteiger partial charge in [-0.15, -0.1) is 0 Å². The predicted octanol–water partition coefficient (Wildman–Crippen LogP) is 3.57. The standard InChI is InChI=1S/C14H19NO/c1-3-10-16-14-6-4-13(5-7-14)11-12(2)8-9-15/h4-7,12H,3,8,10-11H2,1-2H3. The molecule has 0 aromatic heterocycles. The van der Waals surface area contributed by atoms with Crippen molar-refractivity contribution in [1.29, 1.82) is 5.26 Å². The van der Waals surface area contributed by atoms with Gasteiger partial charge in [-0.25, -0.2) is 0 Å².